The highest BCUT2D eigenvalue weighted by Crippen LogP contribution is 2.19. The van der Waals surface area contributed by atoms with Crippen LogP contribution >= 0.6 is 0 Å². The minimum Gasteiger partial charge on any atom is -0.481 e. The summed E-state index contributed by atoms with van der Waals surface area (Å²) in [5.41, 5.74) is -0.939. The topological polar surface area (TPSA) is 69.6 Å². The van der Waals surface area contributed by atoms with Crippen LogP contribution in [0.15, 0.2) is 0 Å². The van der Waals surface area contributed by atoms with Crippen molar-refractivity contribution in [3.8, 4) is 12.3 Å². The van der Waals surface area contributed by atoms with Gasteiger partial charge in [0.05, 0.1) is 12.0 Å². The molecule has 0 aliphatic rings. The van der Waals surface area contributed by atoms with Crippen LogP contribution in [0.25, 0.3) is 0 Å². The summed E-state index contributed by atoms with van der Waals surface area (Å²) in [5.74, 6) is 1.47. The summed E-state index contributed by atoms with van der Waals surface area (Å²) in [6.07, 6.45) is 5.58. The Morgan fingerprint density at radius 3 is 2.41 bits per heavy atom. The number of carbonyl (C=O) groups excluding carboxylic acids is 1. The van der Waals surface area contributed by atoms with Crippen molar-refractivity contribution >= 4 is 12.0 Å². The van der Waals surface area contributed by atoms with E-state index in [1.807, 2.05) is 6.92 Å². The molecule has 5 heteroatoms. The van der Waals surface area contributed by atoms with Gasteiger partial charge in [-0.25, -0.2) is 4.79 Å². The van der Waals surface area contributed by atoms with Gasteiger partial charge in [0.15, 0.2) is 0 Å². The summed E-state index contributed by atoms with van der Waals surface area (Å²) in [4.78, 5) is 24.2. The van der Waals surface area contributed by atoms with Gasteiger partial charge < -0.3 is 15.3 Å². The van der Waals surface area contributed by atoms with Crippen molar-refractivity contribution < 1.29 is 14.7 Å². The van der Waals surface area contributed by atoms with Crippen molar-refractivity contribution in [2.75, 3.05) is 19.6 Å². The molecule has 0 fully saturated rings. The quantitative estimate of drug-likeness (QED) is 0.684. The van der Waals surface area contributed by atoms with E-state index in [1.165, 1.54) is 4.90 Å². The van der Waals surface area contributed by atoms with Crippen LogP contribution < -0.4 is 5.32 Å². The number of amides is 2. The molecule has 0 heterocycles. The highest BCUT2D eigenvalue weighted by molar-refractivity contribution is 5.78. The zero-order valence-corrected chi connectivity index (χ0v) is 10.6. The van der Waals surface area contributed by atoms with E-state index in [1.54, 1.807) is 13.8 Å². The smallest absolute Gasteiger partial charge is 0.318 e. The van der Waals surface area contributed by atoms with E-state index in [0.29, 0.717) is 13.0 Å². The summed E-state index contributed by atoms with van der Waals surface area (Å²) >= 11 is 0. The highest BCUT2D eigenvalue weighted by Gasteiger charge is 2.31. The lowest BCUT2D eigenvalue weighted by molar-refractivity contribution is -0.147. The molecule has 0 aliphatic heterocycles. The Morgan fingerprint density at radius 2 is 2.06 bits per heavy atom. The van der Waals surface area contributed by atoms with Gasteiger partial charge in [-0.1, -0.05) is 12.8 Å². The largest absolute Gasteiger partial charge is 0.481 e. The van der Waals surface area contributed by atoms with Gasteiger partial charge in [-0.3, -0.25) is 4.79 Å². The van der Waals surface area contributed by atoms with Gasteiger partial charge in [0.25, 0.3) is 0 Å². The van der Waals surface area contributed by atoms with Gasteiger partial charge in [0, 0.05) is 13.1 Å². The van der Waals surface area contributed by atoms with Crippen LogP contribution in [0, 0.1) is 17.8 Å². The molecule has 0 aliphatic carbocycles. The van der Waals surface area contributed by atoms with Crippen molar-refractivity contribution in [1.82, 2.24) is 10.2 Å². The molecule has 5 nitrogen and oxygen atoms in total. The lowest BCUT2D eigenvalue weighted by Gasteiger charge is -2.25. The van der Waals surface area contributed by atoms with Crippen LogP contribution in [0.3, 0.4) is 0 Å². The second-order valence-electron chi connectivity index (χ2n) is 4.10. The maximum absolute atomic E-state index is 11.7. The number of carbonyl (C=O) groups is 2. The van der Waals surface area contributed by atoms with Crippen LogP contribution in [0.1, 0.15) is 27.2 Å². The summed E-state index contributed by atoms with van der Waals surface area (Å²) in [5, 5.41) is 11.6. The molecule has 0 aromatic rings. The lowest BCUT2D eigenvalue weighted by Crippen LogP contribution is -2.46. The number of carboxylic acid groups (broad SMARTS) is 1. The van der Waals surface area contributed by atoms with Crippen LogP contribution in [-0.2, 0) is 4.79 Å². The Bertz CT molecular complexity index is 322. The number of urea groups is 1. The van der Waals surface area contributed by atoms with E-state index < -0.39 is 11.4 Å². The first-order valence-electron chi connectivity index (χ1n) is 5.61. The molecule has 0 aromatic carbocycles. The molecule has 0 bridgehead atoms. The van der Waals surface area contributed by atoms with E-state index in [0.717, 1.165) is 0 Å². The lowest BCUT2D eigenvalue weighted by atomic mass is 9.88. The number of nitrogens with zero attached hydrogens (tertiary/aromatic N) is 1. The van der Waals surface area contributed by atoms with Gasteiger partial charge in [0.2, 0.25) is 0 Å². The molecule has 2 amide bonds. The minimum absolute atomic E-state index is 0.0960. The first-order chi connectivity index (χ1) is 7.91. The van der Waals surface area contributed by atoms with Crippen molar-refractivity contribution in [2.45, 2.75) is 27.2 Å². The zero-order valence-electron chi connectivity index (χ0n) is 10.6. The number of hydrogen-bond acceptors (Lipinski definition) is 2. The molecule has 0 saturated carbocycles. The second kappa shape index (κ2) is 6.79. The maximum Gasteiger partial charge on any atom is 0.318 e. The Kier molecular flexibility index (Phi) is 6.11. The van der Waals surface area contributed by atoms with Crippen molar-refractivity contribution in [3.63, 3.8) is 0 Å². The molecule has 1 atom stereocenters. The zero-order chi connectivity index (χ0) is 13.5. The van der Waals surface area contributed by atoms with E-state index in [2.05, 4.69) is 11.2 Å². The summed E-state index contributed by atoms with van der Waals surface area (Å²) in [6.45, 7) is 6.00. The number of aliphatic carboxylic acids is 1. The first-order valence-corrected chi connectivity index (χ1v) is 5.61. The number of rotatable bonds is 6. The molecule has 0 radical (unpaired) electrons. The molecular weight excluding hydrogens is 220 g/mol. The molecule has 0 aromatic heterocycles. The van der Waals surface area contributed by atoms with E-state index >= 15 is 0 Å². The third-order valence-corrected chi connectivity index (χ3v) is 2.88. The number of nitrogens with one attached hydrogen (secondary N) is 1. The normalized spacial score (nSPS) is 13.3. The van der Waals surface area contributed by atoms with Crippen molar-refractivity contribution in [1.29, 1.82) is 0 Å². The van der Waals surface area contributed by atoms with Gasteiger partial charge in [0.1, 0.15) is 0 Å². The van der Waals surface area contributed by atoms with Crippen LogP contribution in [0.2, 0.25) is 0 Å². The Hall–Kier alpha value is -1.70. The summed E-state index contributed by atoms with van der Waals surface area (Å²) < 4.78 is 0. The highest BCUT2D eigenvalue weighted by atomic mass is 16.4. The Balaban J connectivity index is 4.41. The van der Waals surface area contributed by atoms with Gasteiger partial charge >= 0.3 is 12.0 Å². The summed E-state index contributed by atoms with van der Waals surface area (Å²) in [6, 6.07) is -0.327. The van der Waals surface area contributed by atoms with Crippen LogP contribution in [0.4, 0.5) is 4.79 Å². The average molecular weight is 240 g/mol. The number of terminal acetylenes is 1. The van der Waals surface area contributed by atoms with E-state index in [-0.39, 0.29) is 19.1 Å². The predicted molar refractivity (Wildman–Crippen MR) is 65.5 cm³/mol. The molecular formula is C12H20N2O3. The molecule has 0 spiro atoms. The minimum atomic E-state index is -0.939. The van der Waals surface area contributed by atoms with Crippen LogP contribution in [-0.4, -0.2) is 41.6 Å². The second-order valence-corrected chi connectivity index (χ2v) is 4.10. The molecule has 2 N–H and O–H groups in total. The van der Waals surface area contributed by atoms with Crippen molar-refractivity contribution in [3.05, 3.63) is 0 Å². The van der Waals surface area contributed by atoms with Gasteiger partial charge in [-0.2, -0.15) is 0 Å². The fourth-order valence-corrected chi connectivity index (χ4v) is 1.17. The third kappa shape index (κ3) is 4.35. The number of hydrogen-bond donors (Lipinski definition) is 2. The molecule has 0 rings (SSSR count). The SMILES string of the molecule is C#CCN(CC)C(=O)NCC(C)(CC)C(=O)O. The molecule has 0 saturated heterocycles. The monoisotopic (exact) mass is 240 g/mol. The molecule has 96 valence electrons. The van der Waals surface area contributed by atoms with Gasteiger partial charge in [-0.05, 0) is 20.3 Å². The Morgan fingerprint density at radius 1 is 1.47 bits per heavy atom. The van der Waals surface area contributed by atoms with Gasteiger partial charge in [-0.15, -0.1) is 6.42 Å². The fraction of sp³-hybridized carbons (Fsp3) is 0.667. The van der Waals surface area contributed by atoms with E-state index in [4.69, 9.17) is 11.5 Å². The summed E-state index contributed by atoms with van der Waals surface area (Å²) in [7, 11) is 0. The standard InChI is InChI=1S/C12H20N2O3/c1-5-8-14(7-3)11(17)13-9-12(4,6-2)10(15)16/h1H,6-9H2,2-4H3,(H,13,17)(H,15,16). The average Bonchev–Trinajstić information content (AvgIpc) is 2.32. The number of carboxylic acids is 1. The predicted octanol–water partition coefficient (Wildman–Crippen LogP) is 1.15. The van der Waals surface area contributed by atoms with E-state index in [9.17, 15) is 9.59 Å². The first kappa shape index (κ1) is 15.3. The van der Waals surface area contributed by atoms with Crippen molar-refractivity contribution in [2.24, 2.45) is 5.41 Å². The van der Waals surface area contributed by atoms with Crippen LogP contribution in [0.5, 0.6) is 0 Å². The Labute approximate surface area is 102 Å². The third-order valence-electron chi connectivity index (χ3n) is 2.88. The fourth-order valence-electron chi connectivity index (χ4n) is 1.17. The molecule has 1 unspecified atom stereocenters. The molecule has 17 heavy (non-hydrogen) atoms. The maximum atomic E-state index is 11.7.